The average Bonchev–Trinajstić information content (AvgIpc) is 2.90. The predicted octanol–water partition coefficient (Wildman–Crippen LogP) is 1.62. The first-order valence-corrected chi connectivity index (χ1v) is 6.90. The highest BCUT2D eigenvalue weighted by Crippen LogP contribution is 2.17. The SMILES string of the molecule is Cc1nc(-c2cccc(C(=O)N(C)CCC(C)O)c2)n[nH]1. The van der Waals surface area contributed by atoms with Gasteiger partial charge >= 0.3 is 0 Å². The highest BCUT2D eigenvalue weighted by atomic mass is 16.3. The van der Waals surface area contributed by atoms with E-state index in [1.165, 1.54) is 0 Å². The minimum absolute atomic E-state index is 0.0789. The van der Waals surface area contributed by atoms with Gasteiger partial charge in [0.05, 0.1) is 6.10 Å². The molecule has 1 amide bonds. The molecule has 1 unspecified atom stereocenters. The van der Waals surface area contributed by atoms with Crippen LogP contribution in [0.5, 0.6) is 0 Å². The highest BCUT2D eigenvalue weighted by molar-refractivity contribution is 5.95. The molecule has 0 radical (unpaired) electrons. The van der Waals surface area contributed by atoms with E-state index in [4.69, 9.17) is 0 Å². The molecule has 6 nitrogen and oxygen atoms in total. The zero-order valence-corrected chi connectivity index (χ0v) is 12.5. The fourth-order valence-electron chi connectivity index (χ4n) is 1.97. The summed E-state index contributed by atoms with van der Waals surface area (Å²) in [6, 6.07) is 7.24. The Labute approximate surface area is 123 Å². The Kier molecular flexibility index (Phi) is 4.70. The molecule has 21 heavy (non-hydrogen) atoms. The van der Waals surface area contributed by atoms with Gasteiger partial charge in [0.2, 0.25) is 0 Å². The van der Waals surface area contributed by atoms with E-state index in [0.717, 1.165) is 11.4 Å². The molecule has 0 fully saturated rings. The number of rotatable bonds is 5. The average molecular weight is 288 g/mol. The summed E-state index contributed by atoms with van der Waals surface area (Å²) in [7, 11) is 1.73. The number of carbonyl (C=O) groups is 1. The Hall–Kier alpha value is -2.21. The first-order valence-electron chi connectivity index (χ1n) is 6.90. The molecule has 1 atom stereocenters. The number of H-pyrrole nitrogens is 1. The number of aryl methyl sites for hydroxylation is 1. The summed E-state index contributed by atoms with van der Waals surface area (Å²) in [5.41, 5.74) is 1.39. The smallest absolute Gasteiger partial charge is 0.253 e. The zero-order valence-electron chi connectivity index (χ0n) is 12.5. The van der Waals surface area contributed by atoms with Gasteiger partial charge in [0.15, 0.2) is 5.82 Å². The van der Waals surface area contributed by atoms with Crippen molar-refractivity contribution in [2.75, 3.05) is 13.6 Å². The van der Waals surface area contributed by atoms with Gasteiger partial charge in [0.1, 0.15) is 5.82 Å². The van der Waals surface area contributed by atoms with Crippen LogP contribution in [-0.4, -0.2) is 50.8 Å². The van der Waals surface area contributed by atoms with Gasteiger partial charge in [-0.05, 0) is 32.4 Å². The number of carbonyl (C=O) groups excluding carboxylic acids is 1. The second-order valence-electron chi connectivity index (χ2n) is 5.19. The zero-order chi connectivity index (χ0) is 15.4. The van der Waals surface area contributed by atoms with Crippen LogP contribution in [0.4, 0.5) is 0 Å². The van der Waals surface area contributed by atoms with Crippen LogP contribution in [0, 0.1) is 6.92 Å². The number of benzene rings is 1. The highest BCUT2D eigenvalue weighted by Gasteiger charge is 2.14. The fraction of sp³-hybridized carbons (Fsp3) is 0.400. The minimum Gasteiger partial charge on any atom is -0.393 e. The lowest BCUT2D eigenvalue weighted by Crippen LogP contribution is -2.29. The summed E-state index contributed by atoms with van der Waals surface area (Å²) in [6.45, 7) is 4.06. The van der Waals surface area contributed by atoms with Crippen LogP contribution in [0.1, 0.15) is 29.5 Å². The molecule has 0 saturated heterocycles. The standard InChI is InChI=1S/C15H20N4O2/c1-10(20)7-8-19(3)15(21)13-6-4-5-12(9-13)14-16-11(2)17-18-14/h4-6,9-10,20H,7-8H2,1-3H3,(H,16,17,18). The molecule has 112 valence electrons. The Morgan fingerprint density at radius 1 is 1.48 bits per heavy atom. The van der Waals surface area contributed by atoms with E-state index in [1.807, 2.05) is 19.1 Å². The van der Waals surface area contributed by atoms with Crippen molar-refractivity contribution >= 4 is 5.91 Å². The van der Waals surface area contributed by atoms with Gasteiger partial charge in [-0.25, -0.2) is 4.98 Å². The number of hydrogen-bond donors (Lipinski definition) is 2. The molecular weight excluding hydrogens is 268 g/mol. The van der Waals surface area contributed by atoms with Crippen LogP contribution in [0.15, 0.2) is 24.3 Å². The lowest BCUT2D eigenvalue weighted by Gasteiger charge is -2.18. The number of nitrogens with one attached hydrogen (secondary N) is 1. The van der Waals surface area contributed by atoms with Crippen LogP contribution in [-0.2, 0) is 0 Å². The molecule has 0 spiro atoms. The van der Waals surface area contributed by atoms with Gasteiger partial charge in [-0.15, -0.1) is 0 Å². The van der Waals surface area contributed by atoms with Crippen LogP contribution in [0.25, 0.3) is 11.4 Å². The summed E-state index contributed by atoms with van der Waals surface area (Å²) in [4.78, 5) is 18.2. The van der Waals surface area contributed by atoms with E-state index < -0.39 is 6.10 Å². The van der Waals surface area contributed by atoms with Crippen molar-refractivity contribution in [2.45, 2.75) is 26.4 Å². The second-order valence-corrected chi connectivity index (χ2v) is 5.19. The molecule has 2 aromatic rings. The maximum atomic E-state index is 12.3. The third kappa shape index (κ3) is 3.88. The van der Waals surface area contributed by atoms with Crippen molar-refractivity contribution in [1.29, 1.82) is 0 Å². The third-order valence-corrected chi connectivity index (χ3v) is 3.19. The van der Waals surface area contributed by atoms with E-state index in [1.54, 1.807) is 31.0 Å². The normalized spacial score (nSPS) is 12.2. The lowest BCUT2D eigenvalue weighted by atomic mass is 10.1. The van der Waals surface area contributed by atoms with Gasteiger partial charge in [-0.2, -0.15) is 5.10 Å². The van der Waals surface area contributed by atoms with Crippen LogP contribution < -0.4 is 0 Å². The summed E-state index contributed by atoms with van der Waals surface area (Å²) in [5, 5.41) is 16.2. The largest absolute Gasteiger partial charge is 0.393 e. The molecule has 0 saturated carbocycles. The lowest BCUT2D eigenvalue weighted by molar-refractivity contribution is 0.0769. The van der Waals surface area contributed by atoms with Gasteiger partial charge in [0.25, 0.3) is 5.91 Å². The predicted molar refractivity (Wildman–Crippen MR) is 79.8 cm³/mol. The van der Waals surface area contributed by atoms with Crippen molar-refractivity contribution in [3.05, 3.63) is 35.7 Å². The maximum Gasteiger partial charge on any atom is 0.253 e. The third-order valence-electron chi connectivity index (χ3n) is 3.19. The number of aromatic nitrogens is 3. The van der Waals surface area contributed by atoms with Crippen molar-refractivity contribution in [3.8, 4) is 11.4 Å². The van der Waals surface area contributed by atoms with Crippen LogP contribution >= 0.6 is 0 Å². The Morgan fingerprint density at radius 3 is 2.86 bits per heavy atom. The molecule has 1 heterocycles. The first-order chi connectivity index (χ1) is 9.97. The number of aliphatic hydroxyl groups is 1. The molecule has 0 aliphatic carbocycles. The van der Waals surface area contributed by atoms with Gasteiger partial charge < -0.3 is 10.0 Å². The Bertz CT molecular complexity index is 622. The summed E-state index contributed by atoms with van der Waals surface area (Å²) < 4.78 is 0. The number of aliphatic hydroxyl groups excluding tert-OH is 1. The van der Waals surface area contributed by atoms with Crippen molar-refractivity contribution in [1.82, 2.24) is 20.1 Å². The van der Waals surface area contributed by atoms with E-state index >= 15 is 0 Å². The quantitative estimate of drug-likeness (QED) is 0.876. The Morgan fingerprint density at radius 2 is 2.24 bits per heavy atom. The number of amides is 1. The van der Waals surface area contributed by atoms with Gasteiger partial charge in [-0.3, -0.25) is 9.89 Å². The molecule has 0 aliphatic heterocycles. The number of hydrogen-bond acceptors (Lipinski definition) is 4. The molecule has 0 aliphatic rings. The number of nitrogens with zero attached hydrogens (tertiary/aromatic N) is 3. The van der Waals surface area contributed by atoms with Crippen molar-refractivity contribution in [3.63, 3.8) is 0 Å². The summed E-state index contributed by atoms with van der Waals surface area (Å²) >= 11 is 0. The molecule has 0 bridgehead atoms. The van der Waals surface area contributed by atoms with E-state index in [-0.39, 0.29) is 5.91 Å². The number of aromatic amines is 1. The summed E-state index contributed by atoms with van der Waals surface area (Å²) in [6.07, 6.45) is 0.144. The summed E-state index contributed by atoms with van der Waals surface area (Å²) in [5.74, 6) is 1.23. The van der Waals surface area contributed by atoms with E-state index in [9.17, 15) is 9.90 Å². The monoisotopic (exact) mass is 288 g/mol. The van der Waals surface area contributed by atoms with Crippen LogP contribution in [0.3, 0.4) is 0 Å². The van der Waals surface area contributed by atoms with Crippen molar-refractivity contribution < 1.29 is 9.90 Å². The molecule has 2 N–H and O–H groups in total. The first kappa shape index (κ1) is 15.2. The van der Waals surface area contributed by atoms with E-state index in [2.05, 4.69) is 15.2 Å². The molecular formula is C15H20N4O2. The molecule has 1 aromatic heterocycles. The van der Waals surface area contributed by atoms with Gasteiger partial charge in [-0.1, -0.05) is 12.1 Å². The molecule has 6 heteroatoms. The van der Waals surface area contributed by atoms with Crippen molar-refractivity contribution in [2.24, 2.45) is 0 Å². The maximum absolute atomic E-state index is 12.3. The Balaban J connectivity index is 2.15. The van der Waals surface area contributed by atoms with Gasteiger partial charge in [0, 0.05) is 24.7 Å². The fourth-order valence-corrected chi connectivity index (χ4v) is 1.97. The minimum atomic E-state index is -0.414. The van der Waals surface area contributed by atoms with E-state index in [0.29, 0.717) is 24.4 Å². The molecule has 1 aromatic carbocycles. The molecule has 2 rings (SSSR count). The topological polar surface area (TPSA) is 82.1 Å². The van der Waals surface area contributed by atoms with Crippen LogP contribution in [0.2, 0.25) is 0 Å². The second kappa shape index (κ2) is 6.49.